The molecule has 4 heteroatoms. The maximum atomic E-state index is 5.50. The van der Waals surface area contributed by atoms with Gasteiger partial charge in [0.2, 0.25) is 5.82 Å². The summed E-state index contributed by atoms with van der Waals surface area (Å²) in [5.74, 6) is 3.90. The van der Waals surface area contributed by atoms with Gasteiger partial charge in [0.05, 0.1) is 0 Å². The first-order valence-corrected chi connectivity index (χ1v) is 5.82. The van der Waals surface area contributed by atoms with Crippen molar-refractivity contribution < 1.29 is 4.42 Å². The maximum absolute atomic E-state index is 5.50. The summed E-state index contributed by atoms with van der Waals surface area (Å²) in [7, 11) is 0. The Kier molecular flexibility index (Phi) is 2.27. The van der Waals surface area contributed by atoms with Crippen molar-refractivity contribution in [2.75, 3.05) is 0 Å². The van der Waals surface area contributed by atoms with Crippen LogP contribution in [0.4, 0.5) is 0 Å². The Morgan fingerprint density at radius 2 is 2.12 bits per heavy atom. The zero-order valence-electron chi connectivity index (χ0n) is 9.36. The molecule has 3 rings (SSSR count). The SMILES string of the molecule is Cc1ccc(-c2n[nH]c(C3CCCC3)n2)o1. The summed E-state index contributed by atoms with van der Waals surface area (Å²) in [5.41, 5.74) is 0. The van der Waals surface area contributed by atoms with Gasteiger partial charge in [0, 0.05) is 5.92 Å². The van der Waals surface area contributed by atoms with Gasteiger partial charge in [0.15, 0.2) is 5.76 Å². The highest BCUT2D eigenvalue weighted by atomic mass is 16.3. The topological polar surface area (TPSA) is 54.7 Å². The lowest BCUT2D eigenvalue weighted by molar-refractivity contribution is 0.544. The normalized spacial score (nSPS) is 17.1. The lowest BCUT2D eigenvalue weighted by Gasteiger charge is -2.01. The molecular formula is C12H15N3O. The van der Waals surface area contributed by atoms with E-state index in [0.717, 1.165) is 17.3 Å². The number of hydrogen-bond donors (Lipinski definition) is 1. The first-order valence-electron chi connectivity index (χ1n) is 5.82. The van der Waals surface area contributed by atoms with Crippen LogP contribution in [0.15, 0.2) is 16.5 Å². The number of aromatic nitrogens is 3. The number of furan rings is 1. The molecule has 1 aliphatic rings. The second kappa shape index (κ2) is 3.77. The second-order valence-electron chi connectivity index (χ2n) is 4.44. The highest BCUT2D eigenvalue weighted by Crippen LogP contribution is 2.32. The van der Waals surface area contributed by atoms with Crippen molar-refractivity contribution in [1.29, 1.82) is 0 Å². The molecule has 0 saturated heterocycles. The van der Waals surface area contributed by atoms with Gasteiger partial charge in [-0.2, -0.15) is 5.10 Å². The Morgan fingerprint density at radius 3 is 2.81 bits per heavy atom. The van der Waals surface area contributed by atoms with E-state index < -0.39 is 0 Å². The molecule has 0 aromatic carbocycles. The smallest absolute Gasteiger partial charge is 0.216 e. The van der Waals surface area contributed by atoms with Crippen LogP contribution < -0.4 is 0 Å². The third-order valence-corrected chi connectivity index (χ3v) is 3.21. The predicted octanol–water partition coefficient (Wildman–Crippen LogP) is 3.03. The lowest BCUT2D eigenvalue weighted by Crippen LogP contribution is -1.94. The number of hydrogen-bond acceptors (Lipinski definition) is 3. The minimum absolute atomic E-state index is 0.567. The quantitative estimate of drug-likeness (QED) is 0.841. The van der Waals surface area contributed by atoms with Crippen molar-refractivity contribution in [2.24, 2.45) is 0 Å². The van der Waals surface area contributed by atoms with Crippen molar-refractivity contribution in [3.8, 4) is 11.6 Å². The Hall–Kier alpha value is -1.58. The van der Waals surface area contributed by atoms with E-state index in [9.17, 15) is 0 Å². The molecule has 1 fully saturated rings. The van der Waals surface area contributed by atoms with Crippen LogP contribution in [0, 0.1) is 6.92 Å². The van der Waals surface area contributed by atoms with Crippen molar-refractivity contribution >= 4 is 0 Å². The number of nitrogens with one attached hydrogen (secondary N) is 1. The molecule has 84 valence electrons. The minimum Gasteiger partial charge on any atom is -0.458 e. The molecule has 0 radical (unpaired) electrons. The largest absolute Gasteiger partial charge is 0.458 e. The molecule has 0 aliphatic heterocycles. The number of rotatable bonds is 2. The van der Waals surface area contributed by atoms with Crippen LogP contribution in [-0.2, 0) is 0 Å². The molecule has 0 unspecified atom stereocenters. The fourth-order valence-electron chi connectivity index (χ4n) is 2.32. The lowest BCUT2D eigenvalue weighted by atomic mass is 10.1. The molecule has 1 saturated carbocycles. The standard InChI is InChI=1S/C12H15N3O/c1-8-6-7-10(16-8)12-13-11(14-15-12)9-4-2-3-5-9/h6-7,9H,2-5H2,1H3,(H,13,14,15). The summed E-state index contributed by atoms with van der Waals surface area (Å²) in [4.78, 5) is 4.52. The van der Waals surface area contributed by atoms with Gasteiger partial charge in [-0.05, 0) is 31.9 Å². The van der Waals surface area contributed by atoms with E-state index in [0.29, 0.717) is 11.7 Å². The van der Waals surface area contributed by atoms with Gasteiger partial charge in [-0.3, -0.25) is 5.10 Å². The van der Waals surface area contributed by atoms with Gasteiger partial charge in [-0.15, -0.1) is 0 Å². The molecule has 1 N–H and O–H groups in total. The summed E-state index contributed by atoms with van der Waals surface area (Å²) in [6.45, 7) is 1.92. The van der Waals surface area contributed by atoms with E-state index in [1.165, 1.54) is 25.7 Å². The molecule has 1 aliphatic carbocycles. The van der Waals surface area contributed by atoms with Crippen LogP contribution in [0.25, 0.3) is 11.6 Å². The number of H-pyrrole nitrogens is 1. The first-order chi connectivity index (χ1) is 7.83. The molecule has 0 spiro atoms. The second-order valence-corrected chi connectivity index (χ2v) is 4.44. The van der Waals surface area contributed by atoms with Crippen LogP contribution in [0.1, 0.15) is 43.2 Å². The van der Waals surface area contributed by atoms with Gasteiger partial charge in [-0.1, -0.05) is 12.8 Å². The molecule has 16 heavy (non-hydrogen) atoms. The van der Waals surface area contributed by atoms with E-state index in [4.69, 9.17) is 4.42 Å². The van der Waals surface area contributed by atoms with E-state index in [1.807, 2.05) is 19.1 Å². The Balaban J connectivity index is 1.87. The van der Waals surface area contributed by atoms with E-state index in [2.05, 4.69) is 15.2 Å². The van der Waals surface area contributed by atoms with Crippen LogP contribution in [0.3, 0.4) is 0 Å². The van der Waals surface area contributed by atoms with Crippen LogP contribution in [-0.4, -0.2) is 15.2 Å². The molecule has 2 aromatic rings. The van der Waals surface area contributed by atoms with Crippen LogP contribution in [0.5, 0.6) is 0 Å². The van der Waals surface area contributed by atoms with Crippen molar-refractivity contribution in [3.63, 3.8) is 0 Å². The highest BCUT2D eigenvalue weighted by Gasteiger charge is 2.21. The minimum atomic E-state index is 0.567. The van der Waals surface area contributed by atoms with E-state index >= 15 is 0 Å². The highest BCUT2D eigenvalue weighted by molar-refractivity contribution is 5.46. The first kappa shape index (κ1) is 9.63. The molecule has 0 amide bonds. The maximum Gasteiger partial charge on any atom is 0.216 e. The third-order valence-electron chi connectivity index (χ3n) is 3.21. The predicted molar refractivity (Wildman–Crippen MR) is 60.0 cm³/mol. The number of aryl methyl sites for hydroxylation is 1. The van der Waals surface area contributed by atoms with Crippen molar-refractivity contribution in [2.45, 2.75) is 38.5 Å². The van der Waals surface area contributed by atoms with Gasteiger partial charge >= 0.3 is 0 Å². The average Bonchev–Trinajstić information content (AvgIpc) is 2.97. The van der Waals surface area contributed by atoms with Gasteiger partial charge in [0.25, 0.3) is 0 Å². The third kappa shape index (κ3) is 1.64. The molecule has 4 nitrogen and oxygen atoms in total. The molecule has 2 aromatic heterocycles. The van der Waals surface area contributed by atoms with Crippen LogP contribution >= 0.6 is 0 Å². The summed E-state index contributed by atoms with van der Waals surface area (Å²) in [6.07, 6.45) is 5.07. The number of aromatic amines is 1. The molecule has 0 bridgehead atoms. The monoisotopic (exact) mass is 217 g/mol. The fourth-order valence-corrected chi connectivity index (χ4v) is 2.32. The summed E-state index contributed by atoms with van der Waals surface area (Å²) < 4.78 is 5.50. The molecule has 0 atom stereocenters. The average molecular weight is 217 g/mol. The summed E-state index contributed by atoms with van der Waals surface area (Å²) >= 11 is 0. The fraction of sp³-hybridized carbons (Fsp3) is 0.500. The zero-order chi connectivity index (χ0) is 11.0. The summed E-state index contributed by atoms with van der Waals surface area (Å²) in [6, 6.07) is 3.85. The number of nitrogens with zero attached hydrogens (tertiary/aromatic N) is 2. The summed E-state index contributed by atoms with van der Waals surface area (Å²) in [5, 5.41) is 7.25. The Labute approximate surface area is 94.1 Å². The van der Waals surface area contributed by atoms with E-state index in [1.54, 1.807) is 0 Å². The van der Waals surface area contributed by atoms with Gasteiger partial charge in [-0.25, -0.2) is 4.98 Å². The van der Waals surface area contributed by atoms with Crippen molar-refractivity contribution in [1.82, 2.24) is 15.2 Å². The van der Waals surface area contributed by atoms with Crippen molar-refractivity contribution in [3.05, 3.63) is 23.7 Å². The Morgan fingerprint density at radius 1 is 1.31 bits per heavy atom. The van der Waals surface area contributed by atoms with Gasteiger partial charge < -0.3 is 4.42 Å². The zero-order valence-corrected chi connectivity index (χ0v) is 9.36. The molecular weight excluding hydrogens is 202 g/mol. The molecule has 2 heterocycles. The Bertz CT molecular complexity index is 480. The van der Waals surface area contributed by atoms with E-state index in [-0.39, 0.29) is 0 Å². The van der Waals surface area contributed by atoms with Crippen LogP contribution in [0.2, 0.25) is 0 Å². The van der Waals surface area contributed by atoms with Gasteiger partial charge in [0.1, 0.15) is 11.6 Å².